The van der Waals surface area contributed by atoms with Crippen LogP contribution in [0, 0.1) is 11.8 Å². The summed E-state index contributed by atoms with van der Waals surface area (Å²) in [6, 6.07) is 15.0. The van der Waals surface area contributed by atoms with Crippen molar-refractivity contribution >= 4 is 17.5 Å². The topological polar surface area (TPSA) is 64.3 Å². The van der Waals surface area contributed by atoms with Crippen molar-refractivity contribution in [2.45, 2.75) is 25.3 Å². The predicted octanol–water partition coefficient (Wildman–Crippen LogP) is 3.93. The van der Waals surface area contributed by atoms with Crippen LogP contribution in [-0.2, 0) is 4.79 Å². The number of halogens is 1. The second-order valence-corrected chi connectivity index (χ2v) is 7.18. The lowest BCUT2D eigenvalue weighted by Crippen LogP contribution is -2.37. The zero-order valence-corrected chi connectivity index (χ0v) is 15.7. The first-order valence-electron chi connectivity index (χ1n) is 9.03. The second-order valence-electron chi connectivity index (χ2n) is 6.77. The Labute approximate surface area is 159 Å². The van der Waals surface area contributed by atoms with E-state index in [1.807, 2.05) is 48.5 Å². The number of carbonyl (C=O) groups is 1. The molecule has 3 atom stereocenters. The summed E-state index contributed by atoms with van der Waals surface area (Å²) in [4.78, 5) is 13.0. The van der Waals surface area contributed by atoms with Gasteiger partial charge in [-0.1, -0.05) is 48.4 Å². The van der Waals surface area contributed by atoms with Crippen LogP contribution in [0.1, 0.15) is 36.4 Å². The smallest absolute Gasteiger partial charge is 0.224 e. The third-order valence-corrected chi connectivity index (χ3v) is 5.57. The van der Waals surface area contributed by atoms with Crippen LogP contribution in [0.3, 0.4) is 0 Å². The van der Waals surface area contributed by atoms with E-state index in [0.29, 0.717) is 11.6 Å². The number of hydrogen-bond donors (Lipinski definition) is 2. The summed E-state index contributed by atoms with van der Waals surface area (Å²) in [6.07, 6.45) is 2.96. The Kier molecular flexibility index (Phi) is 6.17. The highest BCUT2D eigenvalue weighted by Gasteiger charge is 2.33. The molecule has 138 valence electrons. The van der Waals surface area contributed by atoms with Crippen LogP contribution in [0.25, 0.3) is 0 Å². The van der Waals surface area contributed by atoms with Gasteiger partial charge in [-0.25, -0.2) is 0 Å². The molecule has 5 heteroatoms. The van der Waals surface area contributed by atoms with E-state index in [1.165, 1.54) is 0 Å². The Bertz CT molecular complexity index is 765. The van der Waals surface area contributed by atoms with Crippen LogP contribution in [0.15, 0.2) is 48.5 Å². The van der Waals surface area contributed by atoms with Crippen molar-refractivity contribution in [2.24, 2.45) is 17.6 Å². The maximum atomic E-state index is 13.0. The molecule has 0 spiro atoms. The first-order chi connectivity index (χ1) is 12.6. The summed E-state index contributed by atoms with van der Waals surface area (Å²) in [5.41, 5.74) is 7.67. The normalized spacial score (nSPS) is 20.6. The molecule has 0 bridgehead atoms. The third kappa shape index (κ3) is 4.02. The predicted molar refractivity (Wildman–Crippen MR) is 104 cm³/mol. The van der Waals surface area contributed by atoms with Crippen molar-refractivity contribution < 1.29 is 9.53 Å². The maximum Gasteiger partial charge on any atom is 0.224 e. The summed E-state index contributed by atoms with van der Waals surface area (Å²) in [7, 11) is 1.63. The first kappa shape index (κ1) is 18.7. The van der Waals surface area contributed by atoms with Crippen molar-refractivity contribution in [1.29, 1.82) is 0 Å². The molecule has 4 nitrogen and oxygen atoms in total. The van der Waals surface area contributed by atoms with Gasteiger partial charge in [-0.2, -0.15) is 0 Å². The van der Waals surface area contributed by atoms with Crippen molar-refractivity contribution in [3.63, 3.8) is 0 Å². The number of ether oxygens (including phenoxy) is 1. The zero-order chi connectivity index (χ0) is 18.5. The van der Waals surface area contributed by atoms with Gasteiger partial charge >= 0.3 is 0 Å². The Morgan fingerprint density at radius 2 is 2.08 bits per heavy atom. The standard InChI is InChI=1S/C21H25ClN2O2/c1-26-16-8-4-6-14(12-16)20(18-9-2-3-11-19(18)22)24-21(25)17-10-5-7-15(17)13-23/h2-4,6,8-9,11-12,15,17,20H,5,7,10,13,23H2,1H3,(H,24,25)/t15-,17-,20?/m1/s1. The van der Waals surface area contributed by atoms with Gasteiger partial charge in [0.1, 0.15) is 5.75 Å². The minimum absolute atomic E-state index is 0.0319. The molecule has 0 aromatic heterocycles. The molecule has 0 radical (unpaired) electrons. The van der Waals surface area contributed by atoms with Gasteiger partial charge in [-0.05, 0) is 54.6 Å². The fourth-order valence-electron chi connectivity index (χ4n) is 3.78. The molecule has 2 aromatic carbocycles. The summed E-state index contributed by atoms with van der Waals surface area (Å²) in [6.45, 7) is 0.550. The molecule has 0 aliphatic heterocycles. The van der Waals surface area contributed by atoms with Crippen LogP contribution in [0.4, 0.5) is 0 Å². The quantitative estimate of drug-likeness (QED) is 0.807. The van der Waals surface area contributed by atoms with Crippen LogP contribution in [0.5, 0.6) is 5.75 Å². The Balaban J connectivity index is 1.93. The zero-order valence-electron chi connectivity index (χ0n) is 15.0. The lowest BCUT2D eigenvalue weighted by Gasteiger charge is -2.25. The summed E-state index contributed by atoms with van der Waals surface area (Å²) < 4.78 is 5.35. The summed E-state index contributed by atoms with van der Waals surface area (Å²) in [5, 5.41) is 3.84. The SMILES string of the molecule is COc1cccc(C(NC(=O)[C@@H]2CCC[C@@H]2CN)c2ccccc2Cl)c1. The fraction of sp³-hybridized carbons (Fsp3) is 0.381. The number of benzene rings is 2. The van der Waals surface area contributed by atoms with Gasteiger partial charge in [-0.15, -0.1) is 0 Å². The molecule has 1 aliphatic carbocycles. The van der Waals surface area contributed by atoms with Crippen LogP contribution in [-0.4, -0.2) is 19.6 Å². The van der Waals surface area contributed by atoms with E-state index in [4.69, 9.17) is 22.1 Å². The molecule has 3 N–H and O–H groups in total. The van der Waals surface area contributed by atoms with Crippen LogP contribution >= 0.6 is 11.6 Å². The molecule has 1 fully saturated rings. The minimum Gasteiger partial charge on any atom is -0.497 e. The van der Waals surface area contributed by atoms with Gasteiger partial charge in [0.05, 0.1) is 13.2 Å². The highest BCUT2D eigenvalue weighted by molar-refractivity contribution is 6.31. The number of hydrogen-bond acceptors (Lipinski definition) is 3. The average Bonchev–Trinajstić information content (AvgIpc) is 3.15. The van der Waals surface area contributed by atoms with Gasteiger partial charge < -0.3 is 15.8 Å². The molecule has 1 aliphatic rings. The molecule has 2 aromatic rings. The second kappa shape index (κ2) is 8.56. The molecule has 3 rings (SSSR count). The van der Waals surface area contributed by atoms with E-state index in [-0.39, 0.29) is 23.8 Å². The molecule has 1 amide bonds. The molecule has 1 unspecified atom stereocenters. The van der Waals surface area contributed by atoms with Gasteiger partial charge in [0.25, 0.3) is 0 Å². The molecule has 0 heterocycles. The van der Waals surface area contributed by atoms with E-state index in [1.54, 1.807) is 7.11 Å². The van der Waals surface area contributed by atoms with Gasteiger partial charge in [0.2, 0.25) is 5.91 Å². The highest BCUT2D eigenvalue weighted by atomic mass is 35.5. The number of nitrogens with two attached hydrogens (primary N) is 1. The number of rotatable bonds is 6. The first-order valence-corrected chi connectivity index (χ1v) is 9.40. The lowest BCUT2D eigenvalue weighted by atomic mass is 9.93. The molecular formula is C21H25ClN2O2. The van der Waals surface area contributed by atoms with E-state index in [9.17, 15) is 4.79 Å². The summed E-state index contributed by atoms with van der Waals surface area (Å²) >= 11 is 6.44. The number of methoxy groups -OCH3 is 1. The third-order valence-electron chi connectivity index (χ3n) is 5.23. The Hall–Kier alpha value is -2.04. The number of nitrogens with one attached hydrogen (secondary N) is 1. The lowest BCUT2D eigenvalue weighted by molar-refractivity contribution is -0.126. The van der Waals surface area contributed by atoms with Gasteiger partial charge in [-0.3, -0.25) is 4.79 Å². The maximum absolute atomic E-state index is 13.0. The van der Waals surface area contributed by atoms with Crippen LogP contribution < -0.4 is 15.8 Å². The van der Waals surface area contributed by atoms with Crippen molar-refractivity contribution in [1.82, 2.24) is 5.32 Å². The Morgan fingerprint density at radius 3 is 2.81 bits per heavy atom. The molecule has 0 saturated heterocycles. The van der Waals surface area contributed by atoms with Crippen molar-refractivity contribution in [2.75, 3.05) is 13.7 Å². The van der Waals surface area contributed by atoms with Crippen molar-refractivity contribution in [3.05, 3.63) is 64.7 Å². The number of carbonyl (C=O) groups excluding carboxylic acids is 1. The minimum atomic E-state index is -0.328. The van der Waals surface area contributed by atoms with E-state index >= 15 is 0 Å². The highest BCUT2D eigenvalue weighted by Crippen LogP contribution is 2.34. The van der Waals surface area contributed by atoms with E-state index < -0.39 is 0 Å². The van der Waals surface area contributed by atoms with Crippen molar-refractivity contribution in [3.8, 4) is 5.75 Å². The van der Waals surface area contributed by atoms with Gasteiger partial charge in [0, 0.05) is 10.9 Å². The molecule has 1 saturated carbocycles. The van der Waals surface area contributed by atoms with E-state index in [0.717, 1.165) is 36.1 Å². The fourth-order valence-corrected chi connectivity index (χ4v) is 4.03. The molecule has 26 heavy (non-hydrogen) atoms. The monoisotopic (exact) mass is 372 g/mol. The Morgan fingerprint density at radius 1 is 1.27 bits per heavy atom. The van der Waals surface area contributed by atoms with E-state index in [2.05, 4.69) is 5.32 Å². The number of amides is 1. The van der Waals surface area contributed by atoms with Gasteiger partial charge in [0.15, 0.2) is 0 Å². The average molecular weight is 373 g/mol. The molecular weight excluding hydrogens is 348 g/mol. The largest absolute Gasteiger partial charge is 0.497 e. The van der Waals surface area contributed by atoms with Crippen LogP contribution in [0.2, 0.25) is 5.02 Å². The summed E-state index contributed by atoms with van der Waals surface area (Å²) in [5.74, 6) is 1.02.